The first kappa shape index (κ1) is 19.0. The molecule has 7 heteroatoms. The Hall–Kier alpha value is -2.38. The standard InChI is InChI=1S/C18H23N3O3S/c1-13-6-5-7-16(10-13)20-18(22)12-19-15-9-8-14(2)17(11-15)25(23,24)21(3)4/h5-11,19H,12H2,1-4H3,(H,20,22). The van der Waals surface area contributed by atoms with E-state index >= 15 is 0 Å². The number of hydrogen-bond acceptors (Lipinski definition) is 4. The van der Waals surface area contributed by atoms with Gasteiger partial charge in [-0.1, -0.05) is 18.2 Å². The highest BCUT2D eigenvalue weighted by atomic mass is 32.2. The molecule has 2 rings (SSSR count). The zero-order chi connectivity index (χ0) is 18.6. The van der Waals surface area contributed by atoms with Crippen molar-refractivity contribution in [2.45, 2.75) is 18.7 Å². The predicted octanol–water partition coefficient (Wildman–Crippen LogP) is 2.60. The molecule has 0 bridgehead atoms. The van der Waals surface area contributed by atoms with Gasteiger partial charge >= 0.3 is 0 Å². The Kier molecular flexibility index (Phi) is 5.81. The number of aryl methyl sites for hydroxylation is 2. The fourth-order valence-corrected chi connectivity index (χ4v) is 3.44. The largest absolute Gasteiger partial charge is 0.376 e. The van der Waals surface area contributed by atoms with Crippen molar-refractivity contribution in [3.8, 4) is 0 Å². The van der Waals surface area contributed by atoms with Crippen molar-refractivity contribution in [3.63, 3.8) is 0 Å². The number of hydrogen-bond donors (Lipinski definition) is 2. The van der Waals surface area contributed by atoms with E-state index in [0.29, 0.717) is 11.3 Å². The van der Waals surface area contributed by atoms with Crippen LogP contribution in [0, 0.1) is 13.8 Å². The molecule has 2 aromatic carbocycles. The zero-order valence-corrected chi connectivity index (χ0v) is 15.6. The van der Waals surface area contributed by atoms with Crippen LogP contribution in [0.1, 0.15) is 11.1 Å². The van der Waals surface area contributed by atoms with Gasteiger partial charge in [-0.2, -0.15) is 0 Å². The van der Waals surface area contributed by atoms with E-state index in [-0.39, 0.29) is 17.3 Å². The molecule has 0 aliphatic rings. The molecule has 2 aromatic rings. The average molecular weight is 361 g/mol. The molecule has 6 nitrogen and oxygen atoms in total. The summed E-state index contributed by atoms with van der Waals surface area (Å²) in [6.07, 6.45) is 0. The molecule has 0 heterocycles. The summed E-state index contributed by atoms with van der Waals surface area (Å²) in [4.78, 5) is 12.3. The highest BCUT2D eigenvalue weighted by molar-refractivity contribution is 7.89. The molecular weight excluding hydrogens is 338 g/mol. The van der Waals surface area contributed by atoms with Crippen molar-refractivity contribution in [2.75, 3.05) is 31.3 Å². The van der Waals surface area contributed by atoms with E-state index in [0.717, 1.165) is 11.3 Å². The maximum Gasteiger partial charge on any atom is 0.243 e. The number of carbonyl (C=O) groups excluding carboxylic acids is 1. The summed E-state index contributed by atoms with van der Waals surface area (Å²) in [5, 5.41) is 5.76. The van der Waals surface area contributed by atoms with E-state index in [1.165, 1.54) is 18.4 Å². The molecule has 0 saturated carbocycles. The quantitative estimate of drug-likeness (QED) is 0.829. The van der Waals surface area contributed by atoms with Crippen LogP contribution >= 0.6 is 0 Å². The Morgan fingerprint density at radius 2 is 1.76 bits per heavy atom. The lowest BCUT2D eigenvalue weighted by Gasteiger charge is -2.15. The van der Waals surface area contributed by atoms with Crippen molar-refractivity contribution >= 4 is 27.3 Å². The topological polar surface area (TPSA) is 78.5 Å². The maximum atomic E-state index is 12.3. The third kappa shape index (κ3) is 4.80. The van der Waals surface area contributed by atoms with Crippen LogP contribution in [0.4, 0.5) is 11.4 Å². The van der Waals surface area contributed by atoms with Crippen LogP contribution < -0.4 is 10.6 Å². The summed E-state index contributed by atoms with van der Waals surface area (Å²) in [5.41, 5.74) is 3.02. The number of nitrogens with one attached hydrogen (secondary N) is 2. The molecule has 1 amide bonds. The second-order valence-corrected chi connectivity index (χ2v) is 8.16. The Morgan fingerprint density at radius 3 is 2.40 bits per heavy atom. The van der Waals surface area contributed by atoms with Gasteiger partial charge in [-0.15, -0.1) is 0 Å². The first-order valence-corrected chi connectivity index (χ1v) is 9.28. The normalized spacial score (nSPS) is 11.4. The third-order valence-corrected chi connectivity index (χ3v) is 5.66. The van der Waals surface area contributed by atoms with Gasteiger partial charge in [-0.25, -0.2) is 12.7 Å². The minimum Gasteiger partial charge on any atom is -0.376 e. The average Bonchev–Trinajstić information content (AvgIpc) is 2.53. The fourth-order valence-electron chi connectivity index (χ4n) is 2.29. The van der Waals surface area contributed by atoms with E-state index in [1.54, 1.807) is 25.1 Å². The Labute approximate surface area is 148 Å². The molecule has 134 valence electrons. The Bertz CT molecular complexity index is 877. The van der Waals surface area contributed by atoms with Gasteiger partial charge in [-0.3, -0.25) is 4.79 Å². The van der Waals surface area contributed by atoms with Gasteiger partial charge in [0.2, 0.25) is 15.9 Å². The second kappa shape index (κ2) is 7.67. The second-order valence-electron chi connectivity index (χ2n) is 6.04. The van der Waals surface area contributed by atoms with Crippen molar-refractivity contribution in [1.29, 1.82) is 0 Å². The van der Waals surface area contributed by atoms with Gasteiger partial charge in [0.15, 0.2) is 0 Å². The smallest absolute Gasteiger partial charge is 0.243 e. The van der Waals surface area contributed by atoms with Gasteiger partial charge < -0.3 is 10.6 Å². The van der Waals surface area contributed by atoms with Crippen LogP contribution in [0.3, 0.4) is 0 Å². The van der Waals surface area contributed by atoms with Crippen LogP contribution in [0.15, 0.2) is 47.4 Å². The highest BCUT2D eigenvalue weighted by Gasteiger charge is 2.20. The molecule has 2 N–H and O–H groups in total. The van der Waals surface area contributed by atoms with Crippen LogP contribution in [0.25, 0.3) is 0 Å². The molecule has 0 fully saturated rings. The Balaban J connectivity index is 2.07. The van der Waals surface area contributed by atoms with Crippen molar-refractivity contribution in [2.24, 2.45) is 0 Å². The monoisotopic (exact) mass is 361 g/mol. The molecule has 0 aliphatic carbocycles. The zero-order valence-electron chi connectivity index (χ0n) is 14.8. The van der Waals surface area contributed by atoms with Crippen LogP contribution in [0.2, 0.25) is 0 Å². The summed E-state index contributed by atoms with van der Waals surface area (Å²) in [5.74, 6) is -0.205. The lowest BCUT2D eigenvalue weighted by molar-refractivity contribution is -0.114. The van der Waals surface area contributed by atoms with Crippen molar-refractivity contribution in [3.05, 3.63) is 53.6 Å². The van der Waals surface area contributed by atoms with Crippen LogP contribution in [0.5, 0.6) is 0 Å². The third-order valence-electron chi connectivity index (χ3n) is 3.70. The summed E-state index contributed by atoms with van der Waals surface area (Å²) in [6.45, 7) is 3.73. The van der Waals surface area contributed by atoms with Crippen molar-refractivity contribution in [1.82, 2.24) is 4.31 Å². The molecule has 0 saturated heterocycles. The van der Waals surface area contributed by atoms with Gasteiger partial charge in [0, 0.05) is 25.5 Å². The van der Waals surface area contributed by atoms with Crippen LogP contribution in [-0.2, 0) is 14.8 Å². The lowest BCUT2D eigenvalue weighted by Crippen LogP contribution is -2.24. The molecule has 0 unspecified atom stereocenters. The molecule has 0 atom stereocenters. The molecule has 0 aliphatic heterocycles. The molecule has 25 heavy (non-hydrogen) atoms. The molecule has 0 aromatic heterocycles. The summed E-state index contributed by atoms with van der Waals surface area (Å²) in [7, 11) is -0.549. The number of anilines is 2. The van der Waals surface area contributed by atoms with E-state index in [4.69, 9.17) is 0 Å². The number of benzene rings is 2. The summed E-state index contributed by atoms with van der Waals surface area (Å²) < 4.78 is 25.8. The Morgan fingerprint density at radius 1 is 1.04 bits per heavy atom. The highest BCUT2D eigenvalue weighted by Crippen LogP contribution is 2.22. The van der Waals surface area contributed by atoms with E-state index in [9.17, 15) is 13.2 Å². The van der Waals surface area contributed by atoms with E-state index < -0.39 is 10.0 Å². The number of amides is 1. The van der Waals surface area contributed by atoms with Crippen LogP contribution in [-0.4, -0.2) is 39.3 Å². The van der Waals surface area contributed by atoms with Gasteiger partial charge in [0.05, 0.1) is 11.4 Å². The summed E-state index contributed by atoms with van der Waals surface area (Å²) >= 11 is 0. The SMILES string of the molecule is Cc1cccc(NC(=O)CNc2ccc(C)c(S(=O)(=O)N(C)C)c2)c1. The minimum absolute atomic E-state index is 0.0401. The molecule has 0 spiro atoms. The lowest BCUT2D eigenvalue weighted by atomic mass is 10.2. The predicted molar refractivity (Wildman–Crippen MR) is 100 cm³/mol. The van der Waals surface area contributed by atoms with Gasteiger partial charge in [-0.05, 0) is 49.2 Å². The minimum atomic E-state index is -3.53. The molecule has 0 radical (unpaired) electrons. The number of rotatable bonds is 6. The van der Waals surface area contributed by atoms with Gasteiger partial charge in [0.25, 0.3) is 0 Å². The van der Waals surface area contributed by atoms with E-state index in [1.807, 2.05) is 31.2 Å². The number of carbonyl (C=O) groups is 1. The fraction of sp³-hybridized carbons (Fsp3) is 0.278. The van der Waals surface area contributed by atoms with E-state index in [2.05, 4.69) is 10.6 Å². The summed E-state index contributed by atoms with van der Waals surface area (Å²) in [6, 6.07) is 12.5. The maximum absolute atomic E-state index is 12.3. The molecular formula is C18H23N3O3S. The van der Waals surface area contributed by atoms with Crippen molar-refractivity contribution < 1.29 is 13.2 Å². The first-order chi connectivity index (χ1) is 11.7. The first-order valence-electron chi connectivity index (χ1n) is 7.84. The number of sulfonamides is 1. The van der Waals surface area contributed by atoms with Gasteiger partial charge in [0.1, 0.15) is 0 Å². The number of nitrogens with zero attached hydrogens (tertiary/aromatic N) is 1.